The third-order valence-corrected chi connectivity index (χ3v) is 1.86. The molecule has 0 aromatic rings. The zero-order valence-corrected chi connectivity index (χ0v) is 5.83. The molecule has 0 radical (unpaired) electrons. The summed E-state index contributed by atoms with van der Waals surface area (Å²) in [6, 6.07) is 0.538. The second kappa shape index (κ2) is 2.35. The molecule has 1 rings (SSSR count). The summed E-state index contributed by atoms with van der Waals surface area (Å²) in [5, 5.41) is 11.5. The molecule has 52 valence electrons. The van der Waals surface area contributed by atoms with Crippen molar-refractivity contribution >= 4 is 5.71 Å². The molecule has 1 N–H and O–H groups in total. The molecule has 1 aliphatic heterocycles. The molecular formula is C6H12N2O. The number of hydrogen-bond donors (Lipinski definition) is 1. The molecule has 0 saturated carbocycles. The van der Waals surface area contributed by atoms with Gasteiger partial charge in [0.05, 0.1) is 5.71 Å². The standard InChI is InChI=1S/C6H12N2O/c1-5-3-6(7-9)4-8(5)2/h5,9H,3-4H2,1-2H3. The van der Waals surface area contributed by atoms with E-state index >= 15 is 0 Å². The number of hydrogen-bond acceptors (Lipinski definition) is 3. The van der Waals surface area contributed by atoms with Crippen LogP contribution in [0.3, 0.4) is 0 Å². The molecule has 3 nitrogen and oxygen atoms in total. The second-order valence-electron chi connectivity index (χ2n) is 2.63. The zero-order valence-electron chi connectivity index (χ0n) is 5.83. The molecule has 1 heterocycles. The van der Waals surface area contributed by atoms with E-state index in [4.69, 9.17) is 5.21 Å². The largest absolute Gasteiger partial charge is 0.411 e. The molecule has 9 heavy (non-hydrogen) atoms. The molecule has 0 bridgehead atoms. The highest BCUT2D eigenvalue weighted by atomic mass is 16.4. The Kier molecular flexibility index (Phi) is 1.71. The minimum absolute atomic E-state index is 0.538. The van der Waals surface area contributed by atoms with E-state index in [2.05, 4.69) is 17.0 Å². The van der Waals surface area contributed by atoms with Gasteiger partial charge in [-0.1, -0.05) is 5.16 Å². The van der Waals surface area contributed by atoms with Crippen LogP contribution in [0.5, 0.6) is 0 Å². The quantitative estimate of drug-likeness (QED) is 0.382. The number of oxime groups is 1. The van der Waals surface area contributed by atoms with Crippen molar-refractivity contribution in [1.29, 1.82) is 0 Å². The molecule has 1 saturated heterocycles. The molecule has 1 aliphatic rings. The third kappa shape index (κ3) is 1.21. The van der Waals surface area contributed by atoms with E-state index < -0.39 is 0 Å². The topological polar surface area (TPSA) is 35.8 Å². The Labute approximate surface area is 55.0 Å². The maximum atomic E-state index is 8.36. The summed E-state index contributed by atoms with van der Waals surface area (Å²) in [5.41, 5.74) is 0.894. The van der Waals surface area contributed by atoms with Crippen LogP contribution in [0.15, 0.2) is 5.16 Å². The van der Waals surface area contributed by atoms with Crippen LogP contribution in [-0.2, 0) is 0 Å². The van der Waals surface area contributed by atoms with Crippen LogP contribution in [0.25, 0.3) is 0 Å². The SMILES string of the molecule is CC1CC(=NO)CN1C. The maximum Gasteiger partial charge on any atom is 0.0726 e. The minimum Gasteiger partial charge on any atom is -0.411 e. The number of likely N-dealkylation sites (tertiary alicyclic amines) is 1. The van der Waals surface area contributed by atoms with Crippen molar-refractivity contribution in [3.8, 4) is 0 Å². The van der Waals surface area contributed by atoms with Crippen LogP contribution in [-0.4, -0.2) is 35.5 Å². The molecule has 1 atom stereocenters. The fourth-order valence-electron chi connectivity index (χ4n) is 1.08. The fourth-order valence-corrected chi connectivity index (χ4v) is 1.08. The van der Waals surface area contributed by atoms with Gasteiger partial charge in [0.15, 0.2) is 0 Å². The average molecular weight is 128 g/mol. The summed E-state index contributed by atoms with van der Waals surface area (Å²) < 4.78 is 0. The van der Waals surface area contributed by atoms with Crippen molar-refractivity contribution in [3.05, 3.63) is 0 Å². The highest BCUT2D eigenvalue weighted by molar-refractivity contribution is 5.88. The average Bonchev–Trinajstić information content (AvgIpc) is 2.13. The first kappa shape index (κ1) is 6.55. The molecule has 3 heteroatoms. The molecule has 1 unspecified atom stereocenters. The lowest BCUT2D eigenvalue weighted by molar-refractivity contribution is 0.315. The van der Waals surface area contributed by atoms with Crippen LogP contribution >= 0.6 is 0 Å². The van der Waals surface area contributed by atoms with Gasteiger partial charge >= 0.3 is 0 Å². The minimum atomic E-state index is 0.538. The Hall–Kier alpha value is -0.570. The second-order valence-corrected chi connectivity index (χ2v) is 2.63. The van der Waals surface area contributed by atoms with Gasteiger partial charge < -0.3 is 5.21 Å². The van der Waals surface area contributed by atoms with Gasteiger partial charge in [0.25, 0.3) is 0 Å². The predicted molar refractivity (Wildman–Crippen MR) is 35.9 cm³/mol. The highest BCUT2D eigenvalue weighted by Gasteiger charge is 2.21. The fraction of sp³-hybridized carbons (Fsp3) is 0.833. The lowest BCUT2D eigenvalue weighted by Crippen LogP contribution is -2.21. The summed E-state index contributed by atoms with van der Waals surface area (Å²) in [6.45, 7) is 2.94. The Morgan fingerprint density at radius 2 is 2.44 bits per heavy atom. The van der Waals surface area contributed by atoms with Gasteiger partial charge in [-0.3, -0.25) is 4.90 Å². The van der Waals surface area contributed by atoms with Crippen LogP contribution in [0.2, 0.25) is 0 Å². The van der Waals surface area contributed by atoms with E-state index in [0.717, 1.165) is 18.7 Å². The molecule has 0 aliphatic carbocycles. The Morgan fingerprint density at radius 3 is 2.67 bits per heavy atom. The molecule has 1 fully saturated rings. The smallest absolute Gasteiger partial charge is 0.0726 e. The van der Waals surface area contributed by atoms with E-state index in [9.17, 15) is 0 Å². The lowest BCUT2D eigenvalue weighted by Gasteiger charge is -2.11. The first-order valence-electron chi connectivity index (χ1n) is 3.14. The van der Waals surface area contributed by atoms with E-state index in [1.165, 1.54) is 0 Å². The summed E-state index contributed by atoms with van der Waals surface area (Å²) in [5.74, 6) is 0. The first-order chi connectivity index (χ1) is 4.24. The molecular weight excluding hydrogens is 116 g/mol. The van der Waals surface area contributed by atoms with E-state index in [0.29, 0.717) is 6.04 Å². The summed E-state index contributed by atoms with van der Waals surface area (Å²) in [6.07, 6.45) is 0.910. The van der Waals surface area contributed by atoms with Crippen LogP contribution in [0.4, 0.5) is 0 Å². The van der Waals surface area contributed by atoms with Crippen LogP contribution < -0.4 is 0 Å². The number of rotatable bonds is 0. The van der Waals surface area contributed by atoms with Gasteiger partial charge in [-0.05, 0) is 14.0 Å². The monoisotopic (exact) mass is 128 g/mol. The van der Waals surface area contributed by atoms with Gasteiger partial charge in [0, 0.05) is 19.0 Å². The van der Waals surface area contributed by atoms with Crippen LogP contribution in [0.1, 0.15) is 13.3 Å². The first-order valence-corrected chi connectivity index (χ1v) is 3.14. The highest BCUT2D eigenvalue weighted by Crippen LogP contribution is 2.10. The van der Waals surface area contributed by atoms with Crippen molar-refractivity contribution < 1.29 is 5.21 Å². The summed E-state index contributed by atoms with van der Waals surface area (Å²) in [7, 11) is 2.03. The molecule has 0 aromatic heterocycles. The van der Waals surface area contributed by atoms with Crippen molar-refractivity contribution in [2.45, 2.75) is 19.4 Å². The van der Waals surface area contributed by atoms with Crippen molar-refractivity contribution in [3.63, 3.8) is 0 Å². The Morgan fingerprint density at radius 1 is 1.78 bits per heavy atom. The van der Waals surface area contributed by atoms with Gasteiger partial charge in [-0.2, -0.15) is 0 Å². The molecule has 0 amide bonds. The van der Waals surface area contributed by atoms with E-state index in [1.54, 1.807) is 0 Å². The van der Waals surface area contributed by atoms with Gasteiger partial charge in [-0.25, -0.2) is 0 Å². The van der Waals surface area contributed by atoms with Gasteiger partial charge in [0.1, 0.15) is 0 Å². The van der Waals surface area contributed by atoms with E-state index in [-0.39, 0.29) is 0 Å². The zero-order chi connectivity index (χ0) is 6.85. The molecule has 0 spiro atoms. The maximum absolute atomic E-state index is 8.36. The molecule has 0 aromatic carbocycles. The van der Waals surface area contributed by atoms with Gasteiger partial charge in [-0.15, -0.1) is 0 Å². The Balaban J connectivity index is 2.54. The lowest BCUT2D eigenvalue weighted by atomic mass is 10.2. The number of nitrogens with zero attached hydrogens (tertiary/aromatic N) is 2. The summed E-state index contributed by atoms with van der Waals surface area (Å²) >= 11 is 0. The van der Waals surface area contributed by atoms with Crippen molar-refractivity contribution in [2.24, 2.45) is 5.16 Å². The normalized spacial score (nSPS) is 34.0. The van der Waals surface area contributed by atoms with Gasteiger partial charge in [0.2, 0.25) is 0 Å². The van der Waals surface area contributed by atoms with E-state index in [1.807, 2.05) is 7.05 Å². The summed E-state index contributed by atoms with van der Waals surface area (Å²) in [4.78, 5) is 2.16. The Bertz CT molecular complexity index is 121. The van der Waals surface area contributed by atoms with Crippen LogP contribution in [0, 0.1) is 0 Å². The van der Waals surface area contributed by atoms with Crippen molar-refractivity contribution in [1.82, 2.24) is 4.90 Å². The van der Waals surface area contributed by atoms with Crippen molar-refractivity contribution in [2.75, 3.05) is 13.6 Å². The third-order valence-electron chi connectivity index (χ3n) is 1.86. The predicted octanol–water partition coefficient (Wildman–Crippen LogP) is 0.541.